The van der Waals surface area contributed by atoms with Gasteiger partial charge in [0.25, 0.3) is 5.91 Å². The smallest absolute Gasteiger partial charge is 0.288 e. The zero-order valence-electron chi connectivity index (χ0n) is 11.9. The molecule has 2 unspecified atom stereocenters. The van der Waals surface area contributed by atoms with Crippen LogP contribution in [0.3, 0.4) is 0 Å². The number of carbonyl (C=O) groups excluding carboxylic acids is 1. The largest absolute Gasteiger partial charge is 0.391 e. The van der Waals surface area contributed by atoms with Crippen LogP contribution in [0.5, 0.6) is 0 Å². The molecule has 0 aliphatic heterocycles. The topological polar surface area (TPSA) is 94.0 Å². The summed E-state index contributed by atoms with van der Waals surface area (Å²) in [7, 11) is 0. The fourth-order valence-electron chi connectivity index (χ4n) is 2.19. The lowest BCUT2D eigenvalue weighted by atomic mass is 10.0. The first kappa shape index (κ1) is 16.7. The van der Waals surface area contributed by atoms with Gasteiger partial charge in [0.1, 0.15) is 6.33 Å². The Morgan fingerprint density at radius 3 is 2.77 bits per heavy atom. The molecular weight excluding hydrogens is 327 g/mol. The van der Waals surface area contributed by atoms with Gasteiger partial charge in [0, 0.05) is 0 Å². The third-order valence-corrected chi connectivity index (χ3v) is 4.22. The molecule has 2 rings (SSSR count). The van der Waals surface area contributed by atoms with Crippen LogP contribution in [0.2, 0.25) is 10.0 Å². The lowest BCUT2D eigenvalue weighted by Gasteiger charge is -2.20. The summed E-state index contributed by atoms with van der Waals surface area (Å²) in [5.74, 6) is -0.785. The number of amides is 1. The molecule has 1 heterocycles. The van der Waals surface area contributed by atoms with Crippen molar-refractivity contribution >= 4 is 29.1 Å². The van der Waals surface area contributed by atoms with Gasteiger partial charge >= 0.3 is 0 Å². The van der Waals surface area contributed by atoms with Gasteiger partial charge in [0.05, 0.1) is 22.2 Å². The second-order valence-corrected chi connectivity index (χ2v) is 5.76. The molecule has 1 aromatic carbocycles. The molecule has 2 aromatic rings. The fraction of sp³-hybridized carbons (Fsp3) is 0.357. The zero-order valence-corrected chi connectivity index (χ0v) is 13.4. The van der Waals surface area contributed by atoms with Crippen molar-refractivity contribution in [3.05, 3.63) is 46.0 Å². The van der Waals surface area contributed by atoms with E-state index in [1.165, 1.54) is 11.0 Å². The minimum absolute atomic E-state index is 0.0774. The Bertz CT molecular complexity index is 673. The quantitative estimate of drug-likeness (QED) is 0.841. The SMILES string of the molecule is CC(O)C(CCc1cccc(Cl)c1Cl)n1cnc(C(N)=O)n1. The van der Waals surface area contributed by atoms with Crippen molar-refractivity contribution in [2.75, 3.05) is 0 Å². The average molecular weight is 343 g/mol. The minimum atomic E-state index is -0.707. The van der Waals surface area contributed by atoms with Gasteiger partial charge in [0.15, 0.2) is 0 Å². The van der Waals surface area contributed by atoms with E-state index in [2.05, 4.69) is 10.1 Å². The van der Waals surface area contributed by atoms with E-state index in [1.54, 1.807) is 13.0 Å². The Kier molecular flexibility index (Phi) is 5.39. The minimum Gasteiger partial charge on any atom is -0.391 e. The van der Waals surface area contributed by atoms with Crippen molar-refractivity contribution in [3.63, 3.8) is 0 Å². The zero-order chi connectivity index (χ0) is 16.3. The molecule has 8 heteroatoms. The highest BCUT2D eigenvalue weighted by molar-refractivity contribution is 6.42. The molecule has 0 saturated heterocycles. The first-order valence-electron chi connectivity index (χ1n) is 6.72. The maximum Gasteiger partial charge on any atom is 0.288 e. The van der Waals surface area contributed by atoms with Gasteiger partial charge in [-0.15, -0.1) is 5.10 Å². The van der Waals surface area contributed by atoms with E-state index in [1.807, 2.05) is 12.1 Å². The van der Waals surface area contributed by atoms with Crippen LogP contribution >= 0.6 is 23.2 Å². The highest BCUT2D eigenvalue weighted by Gasteiger charge is 2.20. The first-order valence-corrected chi connectivity index (χ1v) is 7.47. The summed E-state index contributed by atoms with van der Waals surface area (Å²) < 4.78 is 1.45. The van der Waals surface area contributed by atoms with Crippen LogP contribution in [0, 0.1) is 0 Å². The summed E-state index contributed by atoms with van der Waals surface area (Å²) >= 11 is 12.1. The summed E-state index contributed by atoms with van der Waals surface area (Å²) in [5, 5.41) is 14.9. The van der Waals surface area contributed by atoms with E-state index in [9.17, 15) is 9.90 Å². The third kappa shape index (κ3) is 3.76. The molecule has 0 saturated carbocycles. The standard InChI is InChI=1S/C14H16Cl2N4O2/c1-8(21)11(20-7-18-14(19-20)13(17)22)6-5-9-3-2-4-10(15)12(9)16/h2-4,7-8,11,21H,5-6H2,1H3,(H2,17,22). The summed E-state index contributed by atoms with van der Waals surface area (Å²) in [6, 6.07) is 5.07. The summed E-state index contributed by atoms with van der Waals surface area (Å²) in [6.07, 6.45) is 1.86. The van der Waals surface area contributed by atoms with Crippen molar-refractivity contribution in [1.82, 2.24) is 14.8 Å². The Hall–Kier alpha value is -1.63. The number of aromatic nitrogens is 3. The second-order valence-electron chi connectivity index (χ2n) is 4.97. The van der Waals surface area contributed by atoms with E-state index in [-0.39, 0.29) is 11.9 Å². The molecule has 0 spiro atoms. The molecule has 0 aliphatic carbocycles. The van der Waals surface area contributed by atoms with Gasteiger partial charge in [0.2, 0.25) is 5.82 Å². The molecule has 3 N–H and O–H groups in total. The Morgan fingerprint density at radius 1 is 1.45 bits per heavy atom. The van der Waals surface area contributed by atoms with Crippen molar-refractivity contribution < 1.29 is 9.90 Å². The number of nitrogens with zero attached hydrogens (tertiary/aromatic N) is 3. The number of primary amides is 1. The predicted molar refractivity (Wildman–Crippen MR) is 84.0 cm³/mol. The number of halogens is 2. The molecule has 1 amide bonds. The van der Waals surface area contributed by atoms with Crippen LogP contribution in [-0.2, 0) is 6.42 Å². The molecule has 1 aromatic heterocycles. The third-order valence-electron chi connectivity index (χ3n) is 3.37. The van der Waals surface area contributed by atoms with Gasteiger partial charge in [-0.3, -0.25) is 4.79 Å². The van der Waals surface area contributed by atoms with Crippen LogP contribution in [0.1, 0.15) is 35.6 Å². The first-order chi connectivity index (χ1) is 10.4. The molecule has 118 valence electrons. The molecule has 0 radical (unpaired) electrons. The highest BCUT2D eigenvalue weighted by Crippen LogP contribution is 2.28. The number of aliphatic hydroxyl groups excluding tert-OH is 1. The van der Waals surface area contributed by atoms with Gasteiger partial charge in [-0.05, 0) is 31.4 Å². The number of hydrogen-bond donors (Lipinski definition) is 2. The highest BCUT2D eigenvalue weighted by atomic mass is 35.5. The molecule has 0 aliphatic rings. The number of hydrogen-bond acceptors (Lipinski definition) is 4. The Balaban J connectivity index is 2.15. The van der Waals surface area contributed by atoms with E-state index >= 15 is 0 Å². The molecule has 2 atom stereocenters. The summed E-state index contributed by atoms with van der Waals surface area (Å²) in [5.41, 5.74) is 6.02. The lowest BCUT2D eigenvalue weighted by Crippen LogP contribution is -2.23. The number of rotatable bonds is 6. The van der Waals surface area contributed by atoms with Crippen molar-refractivity contribution in [3.8, 4) is 0 Å². The number of nitrogens with two attached hydrogens (primary N) is 1. The van der Waals surface area contributed by atoms with Gasteiger partial charge < -0.3 is 10.8 Å². The molecular formula is C14H16Cl2N4O2. The van der Waals surface area contributed by atoms with E-state index in [0.717, 1.165) is 5.56 Å². The Labute approximate surface area is 137 Å². The molecule has 0 bridgehead atoms. The lowest BCUT2D eigenvalue weighted by molar-refractivity contribution is 0.0982. The van der Waals surface area contributed by atoms with Crippen LogP contribution in [-0.4, -0.2) is 31.9 Å². The Morgan fingerprint density at radius 2 is 2.18 bits per heavy atom. The van der Waals surface area contributed by atoms with Crippen molar-refractivity contribution in [2.24, 2.45) is 5.73 Å². The van der Waals surface area contributed by atoms with E-state index < -0.39 is 12.0 Å². The number of carbonyl (C=O) groups is 1. The van der Waals surface area contributed by atoms with Gasteiger partial charge in [-0.2, -0.15) is 0 Å². The second kappa shape index (κ2) is 7.09. The van der Waals surface area contributed by atoms with Crippen molar-refractivity contribution in [2.45, 2.75) is 31.9 Å². The average Bonchev–Trinajstić information content (AvgIpc) is 2.93. The van der Waals surface area contributed by atoms with Gasteiger partial charge in [-0.1, -0.05) is 35.3 Å². The number of aliphatic hydroxyl groups is 1. The van der Waals surface area contributed by atoms with Crippen LogP contribution in [0.4, 0.5) is 0 Å². The normalized spacial score (nSPS) is 13.8. The van der Waals surface area contributed by atoms with Crippen LogP contribution in [0.15, 0.2) is 24.5 Å². The monoisotopic (exact) mass is 342 g/mol. The summed E-state index contributed by atoms with van der Waals surface area (Å²) in [4.78, 5) is 14.9. The maximum absolute atomic E-state index is 11.1. The summed E-state index contributed by atoms with van der Waals surface area (Å²) in [6.45, 7) is 1.65. The van der Waals surface area contributed by atoms with Crippen molar-refractivity contribution in [1.29, 1.82) is 0 Å². The van der Waals surface area contributed by atoms with Crippen LogP contribution in [0.25, 0.3) is 0 Å². The maximum atomic E-state index is 11.1. The molecule has 0 fully saturated rings. The van der Waals surface area contributed by atoms with Crippen LogP contribution < -0.4 is 5.73 Å². The predicted octanol–water partition coefficient (Wildman–Crippen LogP) is 2.24. The van der Waals surface area contributed by atoms with Gasteiger partial charge in [-0.25, -0.2) is 9.67 Å². The fourth-order valence-corrected chi connectivity index (χ4v) is 2.60. The molecule has 22 heavy (non-hydrogen) atoms. The number of aryl methyl sites for hydroxylation is 1. The van der Waals surface area contributed by atoms with E-state index in [4.69, 9.17) is 28.9 Å². The number of benzene rings is 1. The van der Waals surface area contributed by atoms with E-state index in [0.29, 0.717) is 22.9 Å². The molecule has 6 nitrogen and oxygen atoms in total.